The van der Waals surface area contributed by atoms with E-state index in [0.717, 1.165) is 4.88 Å². The van der Waals surface area contributed by atoms with Gasteiger partial charge < -0.3 is 9.40 Å². The molecule has 1 aromatic carbocycles. The molecule has 0 bridgehead atoms. The molecule has 3 aromatic rings. The van der Waals surface area contributed by atoms with Gasteiger partial charge in [-0.1, -0.05) is 18.2 Å². The molecule has 0 atom stereocenters. The molecule has 0 radical (unpaired) electrons. The predicted molar refractivity (Wildman–Crippen MR) is 69.5 cm³/mol. The van der Waals surface area contributed by atoms with Crippen LogP contribution >= 0.6 is 11.3 Å². The summed E-state index contributed by atoms with van der Waals surface area (Å²) in [5.41, 5.74) is -0.102. The SMILES string of the molecule is C=c1[nH]c(=Cc2cc3ccccc3s2)c(=O)o1. The van der Waals surface area contributed by atoms with E-state index in [2.05, 4.69) is 17.6 Å². The van der Waals surface area contributed by atoms with Gasteiger partial charge in [0.1, 0.15) is 5.35 Å². The molecule has 0 spiro atoms. The Bertz CT molecular complexity index is 805. The number of hydrogen-bond acceptors (Lipinski definition) is 3. The van der Waals surface area contributed by atoms with E-state index in [0.29, 0.717) is 5.35 Å². The number of fused-ring (bicyclic) bond motifs is 1. The van der Waals surface area contributed by atoms with Crippen molar-refractivity contribution in [1.82, 2.24) is 4.98 Å². The molecule has 84 valence electrons. The highest BCUT2D eigenvalue weighted by atomic mass is 32.1. The molecule has 4 heteroatoms. The van der Waals surface area contributed by atoms with Gasteiger partial charge in [-0.3, -0.25) is 0 Å². The quantitative estimate of drug-likeness (QED) is 0.702. The average molecular weight is 243 g/mol. The predicted octanol–water partition coefficient (Wildman–Crippen LogP) is 1.42. The van der Waals surface area contributed by atoms with E-state index in [1.165, 1.54) is 10.1 Å². The second kappa shape index (κ2) is 3.75. The van der Waals surface area contributed by atoms with E-state index in [4.69, 9.17) is 4.42 Å². The van der Waals surface area contributed by atoms with Gasteiger partial charge in [0.05, 0.1) is 0 Å². The first kappa shape index (κ1) is 10.1. The average Bonchev–Trinajstić information content (AvgIpc) is 2.82. The van der Waals surface area contributed by atoms with E-state index >= 15 is 0 Å². The lowest BCUT2D eigenvalue weighted by atomic mass is 10.2. The van der Waals surface area contributed by atoms with E-state index in [1.807, 2.05) is 24.3 Å². The smallest absolute Gasteiger partial charge is 0.361 e. The van der Waals surface area contributed by atoms with Gasteiger partial charge >= 0.3 is 5.63 Å². The summed E-state index contributed by atoms with van der Waals surface area (Å²) in [6.07, 6.45) is 1.78. The van der Waals surface area contributed by atoms with Crippen molar-refractivity contribution < 1.29 is 4.42 Å². The van der Waals surface area contributed by atoms with Crippen LogP contribution in [0.4, 0.5) is 0 Å². The first-order valence-corrected chi connectivity index (χ1v) is 5.92. The molecule has 0 aliphatic rings. The third-order valence-corrected chi connectivity index (χ3v) is 3.50. The largest absolute Gasteiger partial charge is 0.405 e. The zero-order valence-corrected chi connectivity index (χ0v) is 9.71. The molecule has 1 N–H and O–H groups in total. The lowest BCUT2D eigenvalue weighted by Gasteiger charge is -1.82. The van der Waals surface area contributed by atoms with Gasteiger partial charge in [-0.2, -0.15) is 0 Å². The van der Waals surface area contributed by atoms with Crippen LogP contribution in [0.2, 0.25) is 0 Å². The van der Waals surface area contributed by atoms with Crippen LogP contribution in [0.1, 0.15) is 4.88 Å². The monoisotopic (exact) mass is 243 g/mol. The molecule has 0 aliphatic heterocycles. The van der Waals surface area contributed by atoms with Gasteiger partial charge in [0.2, 0.25) is 0 Å². The van der Waals surface area contributed by atoms with Gasteiger partial charge in [-0.25, -0.2) is 4.79 Å². The third-order valence-electron chi connectivity index (χ3n) is 2.44. The van der Waals surface area contributed by atoms with Crippen LogP contribution in [0.15, 0.2) is 39.5 Å². The standard InChI is InChI=1S/C13H9NO2S/c1-8-14-11(13(15)16-8)7-10-6-9-4-2-3-5-12(9)17-10/h2-7,14H,1H2. The number of benzene rings is 1. The molecule has 3 nitrogen and oxygen atoms in total. The second-order valence-electron chi connectivity index (χ2n) is 3.68. The summed E-state index contributed by atoms with van der Waals surface area (Å²) in [4.78, 5) is 15.2. The van der Waals surface area contributed by atoms with Crippen molar-refractivity contribution in [3.05, 3.63) is 56.5 Å². The maximum Gasteiger partial charge on any atom is 0.361 e. The van der Waals surface area contributed by atoms with E-state index < -0.39 is 0 Å². The van der Waals surface area contributed by atoms with Crippen molar-refractivity contribution in [3.63, 3.8) is 0 Å². The van der Waals surface area contributed by atoms with Crippen molar-refractivity contribution in [1.29, 1.82) is 0 Å². The van der Waals surface area contributed by atoms with Gasteiger partial charge in [-0.15, -0.1) is 11.3 Å². The fraction of sp³-hybridized carbons (Fsp3) is 0. The molecule has 0 amide bonds. The molecule has 17 heavy (non-hydrogen) atoms. The minimum absolute atomic E-state index is 0.280. The minimum atomic E-state index is -0.382. The summed E-state index contributed by atoms with van der Waals surface area (Å²) in [6, 6.07) is 10.1. The van der Waals surface area contributed by atoms with E-state index in [-0.39, 0.29) is 11.2 Å². The van der Waals surface area contributed by atoms with Crippen molar-refractivity contribution in [2.24, 2.45) is 0 Å². The molecule has 2 heterocycles. The minimum Gasteiger partial charge on any atom is -0.405 e. The summed E-state index contributed by atoms with van der Waals surface area (Å²) in [6.45, 7) is 3.55. The Morgan fingerprint density at radius 1 is 1.35 bits per heavy atom. The first-order valence-electron chi connectivity index (χ1n) is 5.11. The number of nitrogens with one attached hydrogen (secondary N) is 1. The summed E-state index contributed by atoms with van der Waals surface area (Å²) in [5, 5.41) is 1.61. The molecular weight excluding hydrogens is 234 g/mol. The Morgan fingerprint density at radius 3 is 2.88 bits per heavy atom. The van der Waals surface area contributed by atoms with Gasteiger partial charge in [-0.05, 0) is 30.2 Å². The van der Waals surface area contributed by atoms with Crippen LogP contribution in [0.3, 0.4) is 0 Å². The normalized spacial score (nSPS) is 12.4. The molecule has 0 fully saturated rings. The fourth-order valence-corrected chi connectivity index (χ4v) is 2.71. The zero-order chi connectivity index (χ0) is 11.8. The van der Waals surface area contributed by atoms with Crippen LogP contribution < -0.4 is 16.5 Å². The first-order chi connectivity index (χ1) is 8.22. The second-order valence-corrected chi connectivity index (χ2v) is 4.80. The third kappa shape index (κ3) is 1.83. The van der Waals surface area contributed by atoms with Crippen molar-refractivity contribution in [2.75, 3.05) is 0 Å². The van der Waals surface area contributed by atoms with Crippen molar-refractivity contribution in [2.45, 2.75) is 0 Å². The molecule has 0 saturated heterocycles. The summed E-state index contributed by atoms with van der Waals surface area (Å²) in [7, 11) is 0. The molecule has 3 rings (SSSR count). The number of oxazole rings is 1. The van der Waals surface area contributed by atoms with E-state index in [1.54, 1.807) is 17.4 Å². The molecular formula is C13H9NO2S. The zero-order valence-electron chi connectivity index (χ0n) is 8.90. The summed E-state index contributed by atoms with van der Waals surface area (Å²) in [5.74, 6) is 0. The lowest BCUT2D eigenvalue weighted by molar-refractivity contribution is 0.488. The number of rotatable bonds is 1. The van der Waals surface area contributed by atoms with Crippen molar-refractivity contribution >= 4 is 34.1 Å². The van der Waals surface area contributed by atoms with Gasteiger partial charge in [0.15, 0.2) is 5.55 Å². The molecule has 0 saturated carbocycles. The number of aromatic amines is 1. The fourth-order valence-electron chi connectivity index (χ4n) is 1.70. The molecule has 0 unspecified atom stereocenters. The molecule has 2 aromatic heterocycles. The highest BCUT2D eigenvalue weighted by Gasteiger charge is 2.00. The Labute approximate surface area is 100 Å². The highest BCUT2D eigenvalue weighted by Crippen LogP contribution is 2.25. The maximum absolute atomic E-state index is 11.4. The summed E-state index contributed by atoms with van der Waals surface area (Å²) < 4.78 is 6.01. The van der Waals surface area contributed by atoms with Crippen LogP contribution in [0.5, 0.6) is 0 Å². The van der Waals surface area contributed by atoms with Crippen molar-refractivity contribution in [3.8, 4) is 0 Å². The lowest BCUT2D eigenvalue weighted by Crippen LogP contribution is -2.20. The Balaban J connectivity index is 2.23. The van der Waals surface area contributed by atoms with Crippen LogP contribution in [-0.2, 0) is 0 Å². The molecule has 0 aliphatic carbocycles. The Kier molecular flexibility index (Phi) is 2.23. The number of thiophene rings is 1. The maximum atomic E-state index is 11.4. The van der Waals surface area contributed by atoms with Crippen LogP contribution in [-0.4, -0.2) is 4.98 Å². The Hall–Kier alpha value is -2.07. The topological polar surface area (TPSA) is 46.0 Å². The van der Waals surface area contributed by atoms with Crippen LogP contribution in [0.25, 0.3) is 22.7 Å². The van der Waals surface area contributed by atoms with E-state index in [9.17, 15) is 4.79 Å². The Morgan fingerprint density at radius 2 is 2.18 bits per heavy atom. The highest BCUT2D eigenvalue weighted by molar-refractivity contribution is 7.19. The van der Waals surface area contributed by atoms with Gasteiger partial charge in [0.25, 0.3) is 0 Å². The number of H-pyrrole nitrogens is 1. The number of aromatic nitrogens is 1. The summed E-state index contributed by atoms with van der Waals surface area (Å²) >= 11 is 1.63. The van der Waals surface area contributed by atoms with Crippen LogP contribution in [0, 0.1) is 0 Å². The van der Waals surface area contributed by atoms with Gasteiger partial charge in [0, 0.05) is 9.58 Å². The number of hydrogen-bond donors (Lipinski definition) is 1.